The summed E-state index contributed by atoms with van der Waals surface area (Å²) < 4.78 is 5.28. The number of carbonyl (C=O) groups excluding carboxylic acids is 1. The molecular weight excluding hydrogens is 286 g/mol. The number of aromatic nitrogens is 1. The van der Waals surface area contributed by atoms with Crippen LogP contribution in [0.5, 0.6) is 5.75 Å². The first-order chi connectivity index (χ1) is 8.08. The number of benzene rings is 1. The van der Waals surface area contributed by atoms with Crippen LogP contribution in [-0.4, -0.2) is 11.0 Å². The van der Waals surface area contributed by atoms with Gasteiger partial charge < -0.3 is 9.84 Å². The van der Waals surface area contributed by atoms with Gasteiger partial charge in [-0.1, -0.05) is 23.9 Å². The van der Waals surface area contributed by atoms with E-state index in [-0.39, 0.29) is 18.3 Å². The van der Waals surface area contributed by atoms with Gasteiger partial charge in [-0.25, -0.2) is 4.98 Å². The Morgan fingerprint density at radius 1 is 1.41 bits per heavy atom. The first-order valence-electron chi connectivity index (χ1n) is 4.96. The molecule has 0 atom stereocenters. The number of pyridine rings is 1. The molecule has 0 saturated heterocycles. The Labute approximate surface area is 106 Å². The van der Waals surface area contributed by atoms with Gasteiger partial charge in [0.05, 0.1) is 11.2 Å². The van der Waals surface area contributed by atoms with E-state index in [4.69, 9.17) is 4.74 Å². The fraction of sp³-hybridized carbons (Fsp3) is 0.167. The molecule has 0 bridgehead atoms. The summed E-state index contributed by atoms with van der Waals surface area (Å²) in [5, 5.41) is 12.3. The van der Waals surface area contributed by atoms with Crippen LogP contribution in [0.1, 0.15) is 12.6 Å². The monoisotopic (exact) mass is 294 g/mol. The highest BCUT2D eigenvalue weighted by Gasteiger charge is 2.04. The average Bonchev–Trinajstić information content (AvgIpc) is 2.31. The van der Waals surface area contributed by atoms with Gasteiger partial charge in [-0.05, 0) is 22.0 Å². The van der Waals surface area contributed by atoms with Crippen LogP contribution in [-0.2, 0) is 16.1 Å². The second-order valence-electron chi connectivity index (χ2n) is 3.53. The summed E-state index contributed by atoms with van der Waals surface area (Å²) in [6.07, 6.45) is 0. The predicted molar refractivity (Wildman–Crippen MR) is 64.4 cm³/mol. The van der Waals surface area contributed by atoms with Crippen molar-refractivity contribution in [3.8, 4) is 5.75 Å². The third-order valence-electron chi connectivity index (χ3n) is 2.25. The van der Waals surface area contributed by atoms with Gasteiger partial charge in [0.25, 0.3) is 0 Å². The van der Waals surface area contributed by atoms with Crippen molar-refractivity contribution in [1.82, 2.24) is 4.98 Å². The van der Waals surface area contributed by atoms with Gasteiger partial charge in [-0.15, -0.1) is 0 Å². The topological polar surface area (TPSA) is 62.2 Å². The van der Waals surface area contributed by atoms with Crippen molar-refractivity contribution in [2.45, 2.75) is 13.5 Å². The highest BCUT2D eigenvalue weighted by atomic mass is 79.9. The summed E-state index contributed by atoms with van der Waals surface area (Å²) >= 11 is 3.21. The normalized spacial score (nSPS) is 10.5. The molecule has 4 nitrogen and oxygen atoms in total. The number of halogens is 1. The zero-order valence-electron chi connectivity index (χ0n) is 9.07. The molecule has 2 rings (SSSR count). The Bertz CT molecular complexity index is 583. The molecule has 88 valence electrons. The summed E-state index contributed by atoms with van der Waals surface area (Å²) in [7, 11) is 0. The molecule has 1 aromatic carbocycles. The van der Waals surface area contributed by atoms with E-state index in [9.17, 15) is 9.90 Å². The highest BCUT2D eigenvalue weighted by Crippen LogP contribution is 2.29. The van der Waals surface area contributed by atoms with Crippen LogP contribution in [0.25, 0.3) is 10.9 Å². The van der Waals surface area contributed by atoms with Crippen LogP contribution >= 0.6 is 15.9 Å². The Kier molecular flexibility index (Phi) is 3.28. The van der Waals surface area contributed by atoms with Crippen LogP contribution in [0.3, 0.4) is 0 Å². The van der Waals surface area contributed by atoms with Crippen LogP contribution in [0, 0.1) is 0 Å². The standard InChI is InChI=1S/C12H10BrNO3/c1-7(15)17-6-9-4-2-8-3-5-10(16)11(13)12(8)14-9/h2-5,16H,6H2,1H3/p-1. The Morgan fingerprint density at radius 2 is 2.12 bits per heavy atom. The Hall–Kier alpha value is -1.62. The molecule has 0 radical (unpaired) electrons. The molecule has 17 heavy (non-hydrogen) atoms. The first kappa shape index (κ1) is 11.9. The lowest BCUT2D eigenvalue weighted by atomic mass is 10.2. The zero-order valence-corrected chi connectivity index (χ0v) is 10.7. The lowest BCUT2D eigenvalue weighted by Crippen LogP contribution is -2.01. The first-order valence-corrected chi connectivity index (χ1v) is 5.76. The Balaban J connectivity index is 2.41. The minimum absolute atomic E-state index is 0.112. The van der Waals surface area contributed by atoms with Crippen molar-refractivity contribution in [2.75, 3.05) is 0 Å². The van der Waals surface area contributed by atoms with E-state index in [0.29, 0.717) is 15.7 Å². The molecule has 5 heteroatoms. The van der Waals surface area contributed by atoms with Crippen molar-refractivity contribution >= 4 is 32.8 Å². The smallest absolute Gasteiger partial charge is 0.303 e. The summed E-state index contributed by atoms with van der Waals surface area (Å²) in [6.45, 7) is 1.45. The number of hydrogen-bond donors (Lipinski definition) is 0. The summed E-state index contributed by atoms with van der Waals surface area (Å²) in [6, 6.07) is 6.80. The number of carbonyl (C=O) groups is 1. The number of fused-ring (bicyclic) bond motifs is 1. The molecule has 0 unspecified atom stereocenters. The lowest BCUT2D eigenvalue weighted by Gasteiger charge is -2.11. The Morgan fingerprint density at radius 3 is 2.82 bits per heavy atom. The fourth-order valence-electron chi connectivity index (χ4n) is 1.43. The van der Waals surface area contributed by atoms with E-state index in [1.807, 2.05) is 6.07 Å². The second-order valence-corrected chi connectivity index (χ2v) is 4.33. The van der Waals surface area contributed by atoms with E-state index >= 15 is 0 Å². The van der Waals surface area contributed by atoms with Gasteiger partial charge >= 0.3 is 5.97 Å². The lowest BCUT2D eigenvalue weighted by molar-refractivity contribution is -0.269. The molecule has 0 saturated carbocycles. The molecule has 2 aromatic rings. The van der Waals surface area contributed by atoms with E-state index in [2.05, 4.69) is 20.9 Å². The van der Waals surface area contributed by atoms with Crippen molar-refractivity contribution in [2.24, 2.45) is 0 Å². The number of nitrogens with zero attached hydrogens (tertiary/aromatic N) is 1. The van der Waals surface area contributed by atoms with E-state index in [1.54, 1.807) is 12.1 Å². The van der Waals surface area contributed by atoms with Crippen molar-refractivity contribution in [1.29, 1.82) is 0 Å². The molecule has 0 aliphatic heterocycles. The third-order valence-corrected chi connectivity index (χ3v) is 3.01. The van der Waals surface area contributed by atoms with Gasteiger partial charge in [-0.3, -0.25) is 4.79 Å². The third kappa shape index (κ3) is 2.55. The van der Waals surface area contributed by atoms with Crippen molar-refractivity contribution < 1.29 is 14.6 Å². The van der Waals surface area contributed by atoms with E-state index < -0.39 is 0 Å². The highest BCUT2D eigenvalue weighted by molar-refractivity contribution is 9.10. The molecule has 0 aliphatic carbocycles. The largest absolute Gasteiger partial charge is 0.872 e. The van der Waals surface area contributed by atoms with Crippen molar-refractivity contribution in [3.05, 3.63) is 34.4 Å². The zero-order chi connectivity index (χ0) is 12.4. The molecule has 0 N–H and O–H groups in total. The number of ether oxygens (including phenoxy) is 1. The van der Waals surface area contributed by atoms with Gasteiger partial charge in [-0.2, -0.15) is 0 Å². The summed E-state index contributed by atoms with van der Waals surface area (Å²) in [5.74, 6) is -0.474. The molecule has 0 amide bonds. The van der Waals surface area contributed by atoms with E-state index in [0.717, 1.165) is 5.39 Å². The summed E-state index contributed by atoms with van der Waals surface area (Å²) in [4.78, 5) is 15.0. The van der Waals surface area contributed by atoms with Gasteiger partial charge in [0.15, 0.2) is 0 Å². The number of rotatable bonds is 2. The molecule has 1 aromatic heterocycles. The minimum Gasteiger partial charge on any atom is -0.872 e. The second kappa shape index (κ2) is 4.71. The SMILES string of the molecule is CC(=O)OCc1ccc2ccc([O-])c(Br)c2n1. The molecular formula is C12H9BrNO3-. The van der Waals surface area contributed by atoms with Gasteiger partial charge in [0.1, 0.15) is 6.61 Å². The van der Waals surface area contributed by atoms with Crippen LogP contribution in [0.4, 0.5) is 0 Å². The van der Waals surface area contributed by atoms with Crippen LogP contribution in [0.15, 0.2) is 28.7 Å². The fourth-order valence-corrected chi connectivity index (χ4v) is 1.88. The number of esters is 1. The molecule has 1 heterocycles. The molecule has 0 spiro atoms. The minimum atomic E-state index is -0.358. The molecule has 0 fully saturated rings. The average molecular weight is 295 g/mol. The number of hydrogen-bond acceptors (Lipinski definition) is 4. The maximum atomic E-state index is 11.4. The maximum Gasteiger partial charge on any atom is 0.303 e. The van der Waals surface area contributed by atoms with Crippen molar-refractivity contribution in [3.63, 3.8) is 0 Å². The van der Waals surface area contributed by atoms with E-state index in [1.165, 1.54) is 13.0 Å². The maximum absolute atomic E-state index is 11.4. The van der Waals surface area contributed by atoms with Gasteiger partial charge in [0, 0.05) is 16.8 Å². The van der Waals surface area contributed by atoms with Gasteiger partial charge in [0.2, 0.25) is 0 Å². The van der Waals surface area contributed by atoms with Crippen LogP contribution in [0.2, 0.25) is 0 Å². The summed E-state index contributed by atoms with van der Waals surface area (Å²) in [5.41, 5.74) is 1.20. The van der Waals surface area contributed by atoms with Crippen LogP contribution < -0.4 is 5.11 Å². The molecule has 0 aliphatic rings. The quantitative estimate of drug-likeness (QED) is 0.796. The predicted octanol–water partition coefficient (Wildman–Crippen LogP) is 2.13.